The van der Waals surface area contributed by atoms with Crippen LogP contribution in [-0.4, -0.2) is 57.2 Å². The molecule has 22 heavy (non-hydrogen) atoms. The zero-order valence-corrected chi connectivity index (χ0v) is 16.0. The molecule has 1 heterocycles. The number of hydrogen-bond acceptors (Lipinski definition) is 3. The number of guanidine groups is 1. The number of nitrogens with zero attached hydrogens (tertiary/aromatic N) is 3. The van der Waals surface area contributed by atoms with E-state index < -0.39 is 0 Å². The predicted molar refractivity (Wildman–Crippen MR) is 104 cm³/mol. The van der Waals surface area contributed by atoms with E-state index in [1.54, 1.807) is 7.11 Å². The average Bonchev–Trinajstić information content (AvgIpc) is 2.55. The Morgan fingerprint density at radius 2 is 1.95 bits per heavy atom. The Balaban J connectivity index is 0.00000242. The number of ether oxygens (including phenoxy) is 1. The van der Waals surface area contributed by atoms with Crippen LogP contribution < -0.4 is 15.0 Å². The Morgan fingerprint density at radius 1 is 1.23 bits per heavy atom. The van der Waals surface area contributed by atoms with E-state index in [2.05, 4.69) is 46.1 Å². The number of methoxy groups -OCH3 is 1. The van der Waals surface area contributed by atoms with Crippen LogP contribution in [0.15, 0.2) is 29.3 Å². The van der Waals surface area contributed by atoms with Crippen molar-refractivity contribution in [3.8, 4) is 5.75 Å². The number of benzene rings is 1. The van der Waals surface area contributed by atoms with E-state index in [0.29, 0.717) is 0 Å². The second-order valence-electron chi connectivity index (χ2n) is 5.00. The molecule has 0 saturated carbocycles. The molecule has 0 amide bonds. The Labute approximate surface area is 150 Å². The molecule has 0 spiro atoms. The van der Waals surface area contributed by atoms with Crippen LogP contribution in [0.25, 0.3) is 0 Å². The van der Waals surface area contributed by atoms with Crippen LogP contribution in [0.3, 0.4) is 0 Å². The smallest absolute Gasteiger partial charge is 0.194 e. The maximum atomic E-state index is 5.30. The number of aliphatic imine (C=N–C) groups is 1. The summed E-state index contributed by atoms with van der Waals surface area (Å²) in [4.78, 5) is 9.29. The van der Waals surface area contributed by atoms with Gasteiger partial charge in [0.1, 0.15) is 5.75 Å². The molecule has 0 aliphatic carbocycles. The lowest BCUT2D eigenvalue weighted by Gasteiger charge is -2.37. The quantitative estimate of drug-likeness (QED) is 0.463. The largest absolute Gasteiger partial charge is 0.497 e. The Morgan fingerprint density at radius 3 is 2.55 bits per heavy atom. The van der Waals surface area contributed by atoms with Gasteiger partial charge in [-0.15, -0.1) is 24.0 Å². The van der Waals surface area contributed by atoms with Gasteiger partial charge < -0.3 is 19.9 Å². The highest BCUT2D eigenvalue weighted by molar-refractivity contribution is 14.0. The van der Waals surface area contributed by atoms with E-state index in [0.717, 1.165) is 51.0 Å². The summed E-state index contributed by atoms with van der Waals surface area (Å²) in [5, 5.41) is 3.36. The highest BCUT2D eigenvalue weighted by Crippen LogP contribution is 2.22. The second kappa shape index (κ2) is 9.76. The van der Waals surface area contributed by atoms with Crippen LogP contribution in [0.4, 0.5) is 5.69 Å². The number of anilines is 1. The normalized spacial score (nSPS) is 15.3. The van der Waals surface area contributed by atoms with Crippen molar-refractivity contribution in [1.82, 2.24) is 10.2 Å². The summed E-state index contributed by atoms with van der Waals surface area (Å²) in [6.07, 6.45) is 0. The molecule has 1 aliphatic rings. The van der Waals surface area contributed by atoms with Gasteiger partial charge >= 0.3 is 0 Å². The third-order valence-corrected chi connectivity index (χ3v) is 3.64. The molecule has 1 aromatic rings. The first-order valence-corrected chi connectivity index (χ1v) is 7.70. The molecule has 0 radical (unpaired) electrons. The Bertz CT molecular complexity index is 473. The number of hydrogen-bond donors (Lipinski definition) is 1. The van der Waals surface area contributed by atoms with E-state index in [1.165, 1.54) is 5.69 Å². The fourth-order valence-corrected chi connectivity index (χ4v) is 2.56. The molecule has 1 aliphatic heterocycles. The fourth-order valence-electron chi connectivity index (χ4n) is 2.56. The lowest BCUT2D eigenvalue weighted by molar-refractivity contribution is 0.372. The Kier molecular flexibility index (Phi) is 8.37. The summed E-state index contributed by atoms with van der Waals surface area (Å²) in [7, 11) is 1.71. The third-order valence-electron chi connectivity index (χ3n) is 3.64. The highest BCUT2D eigenvalue weighted by atomic mass is 127. The molecular formula is C16H27IN4O. The minimum absolute atomic E-state index is 0. The van der Waals surface area contributed by atoms with Gasteiger partial charge in [-0.05, 0) is 26.0 Å². The van der Waals surface area contributed by atoms with E-state index in [4.69, 9.17) is 4.74 Å². The molecule has 1 saturated heterocycles. The van der Waals surface area contributed by atoms with Crippen LogP contribution in [0.5, 0.6) is 5.75 Å². The summed E-state index contributed by atoms with van der Waals surface area (Å²) < 4.78 is 5.30. The SMILES string of the molecule is CCN=C(NCC)N1CCN(c2cccc(OC)c2)CC1.I. The zero-order chi connectivity index (χ0) is 15.1. The number of rotatable bonds is 4. The summed E-state index contributed by atoms with van der Waals surface area (Å²) in [6.45, 7) is 9.89. The van der Waals surface area contributed by atoms with Crippen LogP contribution >= 0.6 is 24.0 Å². The summed E-state index contributed by atoms with van der Waals surface area (Å²) in [5.41, 5.74) is 1.23. The van der Waals surface area contributed by atoms with Gasteiger partial charge in [-0.2, -0.15) is 0 Å². The molecule has 0 aromatic heterocycles. The van der Waals surface area contributed by atoms with Gasteiger partial charge in [-0.3, -0.25) is 4.99 Å². The molecule has 1 N–H and O–H groups in total. The predicted octanol–water partition coefficient (Wildman–Crippen LogP) is 2.42. The minimum atomic E-state index is 0. The van der Waals surface area contributed by atoms with Crippen molar-refractivity contribution in [2.45, 2.75) is 13.8 Å². The lowest BCUT2D eigenvalue weighted by Crippen LogP contribution is -2.52. The van der Waals surface area contributed by atoms with Crippen molar-refractivity contribution in [2.24, 2.45) is 4.99 Å². The summed E-state index contributed by atoms with van der Waals surface area (Å²) in [6, 6.07) is 8.27. The first-order valence-electron chi connectivity index (χ1n) is 7.70. The molecule has 5 nitrogen and oxygen atoms in total. The third kappa shape index (κ3) is 4.93. The van der Waals surface area contributed by atoms with Gasteiger partial charge in [0.25, 0.3) is 0 Å². The molecule has 124 valence electrons. The second-order valence-corrected chi connectivity index (χ2v) is 5.00. The highest BCUT2D eigenvalue weighted by Gasteiger charge is 2.19. The van der Waals surface area contributed by atoms with Crippen molar-refractivity contribution in [3.63, 3.8) is 0 Å². The maximum absolute atomic E-state index is 5.30. The van der Waals surface area contributed by atoms with Crippen molar-refractivity contribution in [1.29, 1.82) is 0 Å². The van der Waals surface area contributed by atoms with Gasteiger partial charge in [0.2, 0.25) is 0 Å². The zero-order valence-electron chi connectivity index (χ0n) is 13.7. The lowest BCUT2D eigenvalue weighted by atomic mass is 10.2. The molecule has 2 rings (SSSR count). The monoisotopic (exact) mass is 418 g/mol. The van der Waals surface area contributed by atoms with Crippen LogP contribution in [-0.2, 0) is 0 Å². The van der Waals surface area contributed by atoms with Crippen molar-refractivity contribution >= 4 is 35.6 Å². The topological polar surface area (TPSA) is 40.1 Å². The fraction of sp³-hybridized carbons (Fsp3) is 0.562. The van der Waals surface area contributed by atoms with E-state index in [1.807, 2.05) is 12.1 Å². The first kappa shape index (κ1) is 18.9. The summed E-state index contributed by atoms with van der Waals surface area (Å²) in [5.74, 6) is 1.95. The summed E-state index contributed by atoms with van der Waals surface area (Å²) >= 11 is 0. The van der Waals surface area contributed by atoms with Gasteiger partial charge in [-0.1, -0.05) is 6.07 Å². The van der Waals surface area contributed by atoms with Crippen molar-refractivity contribution in [2.75, 3.05) is 51.3 Å². The molecule has 0 unspecified atom stereocenters. The van der Waals surface area contributed by atoms with Gasteiger partial charge in [0.05, 0.1) is 7.11 Å². The standard InChI is InChI=1S/C16H26N4O.HI/c1-4-17-16(18-5-2)20-11-9-19(10-12-20)14-7-6-8-15(13-14)21-3;/h6-8,13H,4-5,9-12H2,1-3H3,(H,17,18);1H. The van der Waals surface area contributed by atoms with Crippen LogP contribution in [0, 0.1) is 0 Å². The molecular weight excluding hydrogens is 391 g/mol. The molecule has 1 aromatic carbocycles. The molecule has 0 atom stereocenters. The average molecular weight is 418 g/mol. The maximum Gasteiger partial charge on any atom is 0.194 e. The Hall–Kier alpha value is -1.18. The van der Waals surface area contributed by atoms with Crippen molar-refractivity contribution in [3.05, 3.63) is 24.3 Å². The molecule has 0 bridgehead atoms. The number of piperazine rings is 1. The van der Waals surface area contributed by atoms with E-state index in [9.17, 15) is 0 Å². The van der Waals surface area contributed by atoms with Gasteiger partial charge in [0, 0.05) is 51.0 Å². The first-order chi connectivity index (χ1) is 10.3. The number of halogens is 1. The van der Waals surface area contributed by atoms with Crippen LogP contribution in [0.1, 0.15) is 13.8 Å². The van der Waals surface area contributed by atoms with E-state index in [-0.39, 0.29) is 24.0 Å². The molecule has 6 heteroatoms. The number of nitrogens with one attached hydrogen (secondary N) is 1. The van der Waals surface area contributed by atoms with Gasteiger partial charge in [0.15, 0.2) is 5.96 Å². The van der Waals surface area contributed by atoms with Crippen molar-refractivity contribution < 1.29 is 4.74 Å². The van der Waals surface area contributed by atoms with E-state index >= 15 is 0 Å². The van der Waals surface area contributed by atoms with Gasteiger partial charge in [-0.25, -0.2) is 0 Å². The minimum Gasteiger partial charge on any atom is -0.497 e. The van der Waals surface area contributed by atoms with Crippen LogP contribution in [0.2, 0.25) is 0 Å². The molecule has 1 fully saturated rings.